The summed E-state index contributed by atoms with van der Waals surface area (Å²) < 4.78 is 6.81. The average molecular weight is 225 g/mol. The first kappa shape index (κ1) is 9.92. The van der Waals surface area contributed by atoms with Gasteiger partial charge in [0.1, 0.15) is 6.33 Å². The molecular weight excluding hydrogens is 216 g/mol. The number of hydrogen-bond acceptors (Lipinski definition) is 4. The molecule has 15 heavy (non-hydrogen) atoms. The van der Waals surface area contributed by atoms with Crippen LogP contribution in [0.4, 0.5) is 0 Å². The molecule has 2 rings (SSSR count). The SMILES string of the molecule is CCOc1cc(-n2cc(Cl)cn2)ncn1. The summed E-state index contributed by atoms with van der Waals surface area (Å²) in [5.74, 6) is 1.15. The van der Waals surface area contributed by atoms with Gasteiger partial charge in [0.25, 0.3) is 0 Å². The van der Waals surface area contributed by atoms with E-state index >= 15 is 0 Å². The molecule has 0 amide bonds. The molecule has 0 radical (unpaired) electrons. The first-order valence-corrected chi connectivity index (χ1v) is 4.83. The van der Waals surface area contributed by atoms with Crippen LogP contribution in [-0.4, -0.2) is 26.4 Å². The maximum absolute atomic E-state index is 5.75. The summed E-state index contributed by atoms with van der Waals surface area (Å²) in [5, 5.41) is 4.59. The van der Waals surface area contributed by atoms with Crippen molar-refractivity contribution in [1.82, 2.24) is 19.7 Å². The Balaban J connectivity index is 2.32. The van der Waals surface area contributed by atoms with Crippen LogP contribution in [0, 0.1) is 0 Å². The molecule has 6 heteroatoms. The molecule has 0 atom stereocenters. The van der Waals surface area contributed by atoms with Crippen LogP contribution in [-0.2, 0) is 0 Å². The van der Waals surface area contributed by atoms with E-state index in [9.17, 15) is 0 Å². The summed E-state index contributed by atoms with van der Waals surface area (Å²) in [7, 11) is 0. The van der Waals surface area contributed by atoms with Crippen LogP contribution < -0.4 is 4.74 Å². The highest BCUT2D eigenvalue weighted by atomic mass is 35.5. The Labute approximate surface area is 91.7 Å². The maximum Gasteiger partial charge on any atom is 0.218 e. The molecule has 0 N–H and O–H groups in total. The van der Waals surface area contributed by atoms with E-state index in [1.807, 2.05) is 6.92 Å². The number of aromatic nitrogens is 4. The zero-order valence-corrected chi connectivity index (χ0v) is 8.85. The van der Waals surface area contributed by atoms with E-state index in [-0.39, 0.29) is 0 Å². The predicted octanol–water partition coefficient (Wildman–Crippen LogP) is 1.71. The summed E-state index contributed by atoms with van der Waals surface area (Å²) in [5.41, 5.74) is 0. The summed E-state index contributed by atoms with van der Waals surface area (Å²) in [4.78, 5) is 8.01. The Kier molecular flexibility index (Phi) is 2.82. The Bertz CT molecular complexity index is 457. The number of nitrogens with zero attached hydrogens (tertiary/aromatic N) is 4. The molecule has 0 aromatic carbocycles. The van der Waals surface area contributed by atoms with Gasteiger partial charge in [-0.2, -0.15) is 5.10 Å². The molecule has 0 bridgehead atoms. The van der Waals surface area contributed by atoms with Crippen molar-refractivity contribution < 1.29 is 4.74 Å². The van der Waals surface area contributed by atoms with E-state index in [1.165, 1.54) is 6.33 Å². The van der Waals surface area contributed by atoms with E-state index in [2.05, 4.69) is 15.1 Å². The fourth-order valence-corrected chi connectivity index (χ4v) is 1.24. The van der Waals surface area contributed by atoms with E-state index in [0.29, 0.717) is 23.3 Å². The topological polar surface area (TPSA) is 52.8 Å². The highest BCUT2D eigenvalue weighted by Gasteiger charge is 2.02. The van der Waals surface area contributed by atoms with Crippen LogP contribution in [0.3, 0.4) is 0 Å². The quantitative estimate of drug-likeness (QED) is 0.797. The minimum atomic E-state index is 0.522. The summed E-state index contributed by atoms with van der Waals surface area (Å²) in [6.45, 7) is 2.46. The molecule has 0 aliphatic carbocycles. The lowest BCUT2D eigenvalue weighted by Gasteiger charge is -2.03. The van der Waals surface area contributed by atoms with Crippen molar-refractivity contribution >= 4 is 11.6 Å². The summed E-state index contributed by atoms with van der Waals surface area (Å²) in [6, 6.07) is 1.70. The second-order valence-electron chi connectivity index (χ2n) is 2.75. The van der Waals surface area contributed by atoms with Crippen molar-refractivity contribution in [2.75, 3.05) is 6.61 Å². The van der Waals surface area contributed by atoms with E-state index in [1.54, 1.807) is 23.1 Å². The number of ether oxygens (including phenoxy) is 1. The fraction of sp³-hybridized carbons (Fsp3) is 0.222. The third kappa shape index (κ3) is 2.24. The van der Waals surface area contributed by atoms with E-state index in [0.717, 1.165) is 0 Å². The summed E-state index contributed by atoms with van der Waals surface area (Å²) >= 11 is 5.75. The van der Waals surface area contributed by atoms with Gasteiger partial charge in [-0.15, -0.1) is 0 Å². The first-order valence-electron chi connectivity index (χ1n) is 4.45. The molecule has 0 aliphatic rings. The monoisotopic (exact) mass is 224 g/mol. The van der Waals surface area contributed by atoms with Crippen LogP contribution in [0.15, 0.2) is 24.8 Å². The van der Waals surface area contributed by atoms with Gasteiger partial charge in [-0.25, -0.2) is 14.6 Å². The Morgan fingerprint density at radius 2 is 2.33 bits per heavy atom. The molecule has 0 saturated heterocycles. The molecule has 0 unspecified atom stereocenters. The van der Waals surface area contributed by atoms with Gasteiger partial charge < -0.3 is 4.74 Å². The molecular formula is C9H9ClN4O. The molecule has 0 aliphatic heterocycles. The smallest absolute Gasteiger partial charge is 0.218 e. The van der Waals surface area contributed by atoms with E-state index in [4.69, 9.17) is 16.3 Å². The van der Waals surface area contributed by atoms with Gasteiger partial charge in [-0.1, -0.05) is 11.6 Å². The Morgan fingerprint density at radius 1 is 1.47 bits per heavy atom. The number of halogens is 1. The maximum atomic E-state index is 5.75. The van der Waals surface area contributed by atoms with Gasteiger partial charge in [0.2, 0.25) is 5.88 Å². The van der Waals surface area contributed by atoms with Crippen LogP contribution in [0.1, 0.15) is 6.92 Å². The molecule has 5 nitrogen and oxygen atoms in total. The third-order valence-electron chi connectivity index (χ3n) is 1.71. The minimum absolute atomic E-state index is 0.522. The second kappa shape index (κ2) is 4.27. The molecule has 2 aromatic heterocycles. The van der Waals surface area contributed by atoms with Gasteiger partial charge in [0, 0.05) is 6.07 Å². The van der Waals surface area contributed by atoms with E-state index < -0.39 is 0 Å². The van der Waals surface area contributed by atoms with Gasteiger partial charge in [-0.05, 0) is 6.92 Å². The Morgan fingerprint density at radius 3 is 3.00 bits per heavy atom. The van der Waals surface area contributed by atoms with Gasteiger partial charge in [-0.3, -0.25) is 0 Å². The van der Waals surface area contributed by atoms with Crippen molar-refractivity contribution in [3.8, 4) is 11.7 Å². The normalized spacial score (nSPS) is 10.3. The molecule has 0 spiro atoms. The van der Waals surface area contributed by atoms with Crippen LogP contribution in [0.5, 0.6) is 5.88 Å². The lowest BCUT2D eigenvalue weighted by Crippen LogP contribution is -2.01. The fourth-order valence-electron chi connectivity index (χ4n) is 1.11. The van der Waals surface area contributed by atoms with Gasteiger partial charge in [0.05, 0.1) is 24.0 Å². The van der Waals surface area contributed by atoms with Gasteiger partial charge >= 0.3 is 0 Å². The number of hydrogen-bond donors (Lipinski definition) is 0. The van der Waals surface area contributed by atoms with Crippen LogP contribution >= 0.6 is 11.6 Å². The zero-order valence-electron chi connectivity index (χ0n) is 8.09. The van der Waals surface area contributed by atoms with Crippen molar-refractivity contribution in [2.24, 2.45) is 0 Å². The van der Waals surface area contributed by atoms with Gasteiger partial charge in [0.15, 0.2) is 5.82 Å². The highest BCUT2D eigenvalue weighted by Crippen LogP contribution is 2.13. The first-order chi connectivity index (χ1) is 7.29. The molecule has 0 fully saturated rings. The molecule has 0 saturated carbocycles. The standard InChI is InChI=1S/C9H9ClN4O/c1-2-15-9-3-8(11-6-12-9)14-5-7(10)4-13-14/h3-6H,2H2,1H3. The molecule has 2 aromatic rings. The van der Waals surface area contributed by atoms with Crippen molar-refractivity contribution in [1.29, 1.82) is 0 Å². The van der Waals surface area contributed by atoms with Crippen molar-refractivity contribution in [3.05, 3.63) is 29.8 Å². The minimum Gasteiger partial charge on any atom is -0.478 e. The Hall–Kier alpha value is -1.62. The van der Waals surface area contributed by atoms with Crippen molar-refractivity contribution in [3.63, 3.8) is 0 Å². The predicted molar refractivity (Wildman–Crippen MR) is 55.3 cm³/mol. The zero-order chi connectivity index (χ0) is 10.7. The second-order valence-corrected chi connectivity index (χ2v) is 3.19. The lowest BCUT2D eigenvalue weighted by molar-refractivity contribution is 0.326. The highest BCUT2D eigenvalue weighted by molar-refractivity contribution is 6.30. The number of rotatable bonds is 3. The molecule has 2 heterocycles. The van der Waals surface area contributed by atoms with Crippen molar-refractivity contribution in [2.45, 2.75) is 6.92 Å². The van der Waals surface area contributed by atoms with Crippen LogP contribution in [0.25, 0.3) is 5.82 Å². The van der Waals surface area contributed by atoms with Crippen LogP contribution in [0.2, 0.25) is 5.02 Å². The lowest BCUT2D eigenvalue weighted by atomic mass is 10.5. The average Bonchev–Trinajstić information content (AvgIpc) is 2.66. The third-order valence-corrected chi connectivity index (χ3v) is 1.90. The molecule has 78 valence electrons. The summed E-state index contributed by atoms with van der Waals surface area (Å²) in [6.07, 6.45) is 4.64. The largest absolute Gasteiger partial charge is 0.478 e.